The predicted octanol–water partition coefficient (Wildman–Crippen LogP) is 1.96. The summed E-state index contributed by atoms with van der Waals surface area (Å²) in [7, 11) is 0. The van der Waals surface area contributed by atoms with Gasteiger partial charge in [0.2, 0.25) is 5.91 Å². The van der Waals surface area contributed by atoms with Crippen molar-refractivity contribution in [3.05, 3.63) is 30.1 Å². The Bertz CT molecular complexity index is 386. The molecule has 19 heavy (non-hydrogen) atoms. The van der Waals surface area contributed by atoms with Gasteiger partial charge in [-0.1, -0.05) is 18.9 Å². The molecule has 1 fully saturated rings. The number of nitrogens with one attached hydrogen (secondary N) is 1. The predicted molar refractivity (Wildman–Crippen MR) is 75.6 cm³/mol. The Labute approximate surface area is 115 Å². The van der Waals surface area contributed by atoms with Crippen molar-refractivity contribution in [1.29, 1.82) is 0 Å². The molecule has 1 aromatic heterocycles. The van der Waals surface area contributed by atoms with E-state index < -0.39 is 0 Å². The maximum atomic E-state index is 12.3. The summed E-state index contributed by atoms with van der Waals surface area (Å²) in [5, 5.41) is 3.29. The fraction of sp³-hybridized carbons (Fsp3) is 0.600. The van der Waals surface area contributed by atoms with Crippen molar-refractivity contribution in [1.82, 2.24) is 15.2 Å². The molecule has 1 unspecified atom stereocenters. The first-order chi connectivity index (χ1) is 9.27. The van der Waals surface area contributed by atoms with Crippen molar-refractivity contribution in [3.8, 4) is 0 Å². The number of rotatable bonds is 4. The van der Waals surface area contributed by atoms with E-state index in [1.165, 1.54) is 12.8 Å². The van der Waals surface area contributed by atoms with Crippen molar-refractivity contribution in [2.24, 2.45) is 0 Å². The third kappa shape index (κ3) is 4.31. The van der Waals surface area contributed by atoms with Gasteiger partial charge in [-0.2, -0.15) is 0 Å². The SMILES string of the molecule is CC(NCc1cccnc1)C(=O)N1CCCCCC1. The van der Waals surface area contributed by atoms with E-state index in [1.54, 1.807) is 6.20 Å². The van der Waals surface area contributed by atoms with Gasteiger partial charge < -0.3 is 10.2 Å². The lowest BCUT2D eigenvalue weighted by molar-refractivity contribution is -0.133. The summed E-state index contributed by atoms with van der Waals surface area (Å²) in [5.41, 5.74) is 1.11. The Hall–Kier alpha value is -1.42. The molecule has 0 saturated carbocycles. The molecule has 0 aliphatic carbocycles. The normalized spacial score (nSPS) is 17.8. The van der Waals surface area contributed by atoms with Crippen LogP contribution in [0.2, 0.25) is 0 Å². The van der Waals surface area contributed by atoms with Gasteiger partial charge in [0.1, 0.15) is 0 Å². The molecule has 0 spiro atoms. The van der Waals surface area contributed by atoms with Crippen molar-refractivity contribution in [2.75, 3.05) is 13.1 Å². The van der Waals surface area contributed by atoms with Gasteiger partial charge in [-0.15, -0.1) is 0 Å². The highest BCUT2D eigenvalue weighted by atomic mass is 16.2. The van der Waals surface area contributed by atoms with Crippen molar-refractivity contribution >= 4 is 5.91 Å². The highest BCUT2D eigenvalue weighted by molar-refractivity contribution is 5.81. The number of nitrogens with zero attached hydrogens (tertiary/aromatic N) is 2. The van der Waals surface area contributed by atoms with Crippen LogP contribution in [0.3, 0.4) is 0 Å². The highest BCUT2D eigenvalue weighted by Gasteiger charge is 2.20. The second-order valence-corrected chi connectivity index (χ2v) is 5.20. The highest BCUT2D eigenvalue weighted by Crippen LogP contribution is 2.10. The molecule has 1 N–H and O–H groups in total. The zero-order valence-corrected chi connectivity index (χ0v) is 11.6. The molecule has 2 rings (SSSR count). The van der Waals surface area contributed by atoms with Gasteiger partial charge >= 0.3 is 0 Å². The third-order valence-corrected chi connectivity index (χ3v) is 3.62. The summed E-state index contributed by atoms with van der Waals surface area (Å²) in [6, 6.07) is 3.81. The summed E-state index contributed by atoms with van der Waals surface area (Å²) in [5.74, 6) is 0.228. The van der Waals surface area contributed by atoms with E-state index in [4.69, 9.17) is 0 Å². The number of hydrogen-bond acceptors (Lipinski definition) is 3. The van der Waals surface area contributed by atoms with Crippen LogP contribution in [0.1, 0.15) is 38.2 Å². The van der Waals surface area contributed by atoms with Gasteiger partial charge in [-0.25, -0.2) is 0 Å². The Morgan fingerprint density at radius 1 is 1.37 bits per heavy atom. The van der Waals surface area contributed by atoms with Crippen LogP contribution in [0.4, 0.5) is 0 Å². The first-order valence-electron chi connectivity index (χ1n) is 7.18. The minimum atomic E-state index is -0.127. The maximum Gasteiger partial charge on any atom is 0.239 e. The van der Waals surface area contributed by atoms with Crippen molar-refractivity contribution < 1.29 is 4.79 Å². The fourth-order valence-electron chi connectivity index (χ4n) is 2.43. The lowest BCUT2D eigenvalue weighted by atomic mass is 10.2. The average Bonchev–Trinajstić information content (AvgIpc) is 2.74. The summed E-state index contributed by atoms with van der Waals surface area (Å²) in [4.78, 5) is 18.4. The molecular weight excluding hydrogens is 238 g/mol. The topological polar surface area (TPSA) is 45.2 Å². The zero-order valence-electron chi connectivity index (χ0n) is 11.6. The van der Waals surface area contributed by atoms with E-state index in [-0.39, 0.29) is 11.9 Å². The molecule has 1 amide bonds. The van der Waals surface area contributed by atoms with Crippen LogP contribution in [0.15, 0.2) is 24.5 Å². The maximum absolute atomic E-state index is 12.3. The van der Waals surface area contributed by atoms with Crippen LogP contribution in [0.5, 0.6) is 0 Å². The number of carbonyl (C=O) groups excluding carboxylic acids is 1. The summed E-state index contributed by atoms with van der Waals surface area (Å²) < 4.78 is 0. The van der Waals surface area contributed by atoms with Crippen LogP contribution in [0.25, 0.3) is 0 Å². The second-order valence-electron chi connectivity index (χ2n) is 5.20. The lowest BCUT2D eigenvalue weighted by Gasteiger charge is -2.24. The molecule has 0 bridgehead atoms. The molecule has 1 aromatic rings. The number of likely N-dealkylation sites (tertiary alicyclic amines) is 1. The van der Waals surface area contributed by atoms with E-state index in [9.17, 15) is 4.79 Å². The first kappa shape index (κ1) is 14.0. The minimum absolute atomic E-state index is 0.127. The monoisotopic (exact) mass is 261 g/mol. The molecule has 2 heterocycles. The van der Waals surface area contributed by atoms with Crippen LogP contribution in [-0.2, 0) is 11.3 Å². The van der Waals surface area contributed by atoms with E-state index in [1.807, 2.05) is 30.2 Å². The van der Waals surface area contributed by atoms with Crippen molar-refractivity contribution in [2.45, 2.75) is 45.2 Å². The van der Waals surface area contributed by atoms with E-state index in [2.05, 4.69) is 10.3 Å². The largest absolute Gasteiger partial charge is 0.341 e. The molecule has 1 saturated heterocycles. The Balaban J connectivity index is 1.81. The van der Waals surface area contributed by atoms with Crippen LogP contribution < -0.4 is 5.32 Å². The molecule has 104 valence electrons. The summed E-state index contributed by atoms with van der Waals surface area (Å²) >= 11 is 0. The van der Waals surface area contributed by atoms with Gasteiger partial charge in [0.25, 0.3) is 0 Å². The average molecular weight is 261 g/mol. The summed E-state index contributed by atoms with van der Waals surface area (Å²) in [6.45, 7) is 4.47. The molecule has 1 aliphatic rings. The van der Waals surface area contributed by atoms with Crippen LogP contribution in [-0.4, -0.2) is 34.9 Å². The standard InChI is InChI=1S/C15H23N3O/c1-13(17-12-14-7-6-8-16-11-14)15(19)18-9-4-2-3-5-10-18/h6-8,11,13,17H,2-5,9-10,12H2,1H3. The second kappa shape index (κ2) is 7.24. The fourth-order valence-corrected chi connectivity index (χ4v) is 2.43. The molecular formula is C15H23N3O. The zero-order chi connectivity index (χ0) is 13.5. The molecule has 1 atom stereocenters. The Morgan fingerprint density at radius 3 is 2.74 bits per heavy atom. The number of carbonyl (C=O) groups is 1. The van der Waals surface area contributed by atoms with Gasteiger partial charge in [0.15, 0.2) is 0 Å². The number of pyridine rings is 1. The minimum Gasteiger partial charge on any atom is -0.341 e. The smallest absolute Gasteiger partial charge is 0.239 e. The molecule has 1 aliphatic heterocycles. The first-order valence-corrected chi connectivity index (χ1v) is 7.18. The molecule has 4 heteroatoms. The Kier molecular flexibility index (Phi) is 5.33. The van der Waals surface area contributed by atoms with Crippen LogP contribution >= 0.6 is 0 Å². The number of amides is 1. The van der Waals surface area contributed by atoms with Gasteiger partial charge in [-0.3, -0.25) is 9.78 Å². The summed E-state index contributed by atoms with van der Waals surface area (Å²) in [6.07, 6.45) is 8.37. The third-order valence-electron chi connectivity index (χ3n) is 3.62. The molecule has 0 radical (unpaired) electrons. The van der Waals surface area contributed by atoms with Gasteiger partial charge in [-0.05, 0) is 31.4 Å². The number of aromatic nitrogens is 1. The molecule has 0 aromatic carbocycles. The number of hydrogen-bond donors (Lipinski definition) is 1. The van der Waals surface area contributed by atoms with Crippen LogP contribution in [0, 0.1) is 0 Å². The van der Waals surface area contributed by atoms with E-state index >= 15 is 0 Å². The van der Waals surface area contributed by atoms with Gasteiger partial charge in [0.05, 0.1) is 6.04 Å². The van der Waals surface area contributed by atoms with E-state index in [0.717, 1.165) is 31.5 Å². The molecule has 4 nitrogen and oxygen atoms in total. The van der Waals surface area contributed by atoms with E-state index in [0.29, 0.717) is 6.54 Å². The van der Waals surface area contributed by atoms with Crippen molar-refractivity contribution in [3.63, 3.8) is 0 Å². The van der Waals surface area contributed by atoms with Gasteiger partial charge in [0, 0.05) is 32.0 Å². The Morgan fingerprint density at radius 2 is 2.11 bits per heavy atom. The quantitative estimate of drug-likeness (QED) is 0.901. The lowest BCUT2D eigenvalue weighted by Crippen LogP contribution is -2.45.